The maximum Gasteiger partial charge on any atom is 0.307 e. The van der Waals surface area contributed by atoms with E-state index >= 15 is 0 Å². The van der Waals surface area contributed by atoms with Crippen LogP contribution in [-0.2, 0) is 4.79 Å². The Morgan fingerprint density at radius 2 is 2.47 bits per heavy atom. The molecule has 0 aromatic carbocycles. The SMILES string of the molecule is CCN(C)c1noc(C2CC2C(=O)O)n1. The topological polar surface area (TPSA) is 79.5 Å². The first kappa shape index (κ1) is 9.95. The first-order valence-corrected chi connectivity index (χ1v) is 4.91. The fourth-order valence-electron chi connectivity index (χ4n) is 1.41. The maximum absolute atomic E-state index is 10.6. The van der Waals surface area contributed by atoms with E-state index in [2.05, 4.69) is 10.1 Å². The van der Waals surface area contributed by atoms with E-state index in [1.807, 2.05) is 18.9 Å². The molecule has 1 aromatic heterocycles. The van der Waals surface area contributed by atoms with E-state index in [1.165, 1.54) is 0 Å². The highest BCUT2D eigenvalue weighted by Crippen LogP contribution is 2.47. The number of carbonyl (C=O) groups is 1. The summed E-state index contributed by atoms with van der Waals surface area (Å²) in [6, 6.07) is 0. The Bertz CT molecular complexity index is 376. The molecule has 0 spiro atoms. The Balaban J connectivity index is 2.06. The third-order valence-electron chi connectivity index (χ3n) is 2.67. The van der Waals surface area contributed by atoms with Crippen molar-refractivity contribution in [3.8, 4) is 0 Å². The molecule has 0 saturated heterocycles. The first-order chi connectivity index (χ1) is 7.13. The zero-order valence-electron chi connectivity index (χ0n) is 8.67. The van der Waals surface area contributed by atoms with Crippen molar-refractivity contribution in [1.82, 2.24) is 10.1 Å². The molecule has 1 saturated carbocycles. The van der Waals surface area contributed by atoms with Crippen LogP contribution in [0.4, 0.5) is 5.95 Å². The van der Waals surface area contributed by atoms with Crippen LogP contribution in [0.15, 0.2) is 4.52 Å². The average Bonchev–Trinajstić information content (AvgIpc) is 2.88. The van der Waals surface area contributed by atoms with E-state index in [1.54, 1.807) is 0 Å². The number of rotatable bonds is 4. The van der Waals surface area contributed by atoms with E-state index in [0.29, 0.717) is 18.3 Å². The summed E-state index contributed by atoms with van der Waals surface area (Å²) in [6.07, 6.45) is 0.604. The van der Waals surface area contributed by atoms with Crippen molar-refractivity contribution in [2.24, 2.45) is 5.92 Å². The van der Waals surface area contributed by atoms with Crippen LogP contribution in [0.2, 0.25) is 0 Å². The number of aromatic nitrogens is 2. The molecule has 6 nitrogen and oxygen atoms in total. The molecule has 2 unspecified atom stereocenters. The number of hydrogen-bond donors (Lipinski definition) is 1. The van der Waals surface area contributed by atoms with Crippen LogP contribution < -0.4 is 4.90 Å². The van der Waals surface area contributed by atoms with Crippen LogP contribution in [0, 0.1) is 5.92 Å². The van der Waals surface area contributed by atoms with Crippen molar-refractivity contribution >= 4 is 11.9 Å². The highest BCUT2D eigenvalue weighted by Gasteiger charge is 2.48. The summed E-state index contributed by atoms with van der Waals surface area (Å²) in [5.74, 6) is -0.260. The summed E-state index contributed by atoms with van der Waals surface area (Å²) in [5.41, 5.74) is 0. The lowest BCUT2D eigenvalue weighted by Crippen LogP contribution is -2.17. The zero-order valence-corrected chi connectivity index (χ0v) is 8.67. The molecule has 1 aromatic rings. The molecule has 1 N–H and O–H groups in total. The lowest BCUT2D eigenvalue weighted by Gasteiger charge is -2.08. The second-order valence-corrected chi connectivity index (χ2v) is 3.73. The van der Waals surface area contributed by atoms with E-state index < -0.39 is 5.97 Å². The van der Waals surface area contributed by atoms with Crippen molar-refractivity contribution in [3.63, 3.8) is 0 Å². The Morgan fingerprint density at radius 1 is 1.73 bits per heavy atom. The fraction of sp³-hybridized carbons (Fsp3) is 0.667. The molecule has 0 aliphatic heterocycles. The van der Waals surface area contributed by atoms with Gasteiger partial charge in [0.15, 0.2) is 0 Å². The van der Waals surface area contributed by atoms with Crippen molar-refractivity contribution in [2.45, 2.75) is 19.3 Å². The van der Waals surface area contributed by atoms with Crippen LogP contribution >= 0.6 is 0 Å². The molecular weight excluding hydrogens is 198 g/mol. The third-order valence-corrected chi connectivity index (χ3v) is 2.67. The van der Waals surface area contributed by atoms with Gasteiger partial charge in [0, 0.05) is 13.6 Å². The smallest absolute Gasteiger partial charge is 0.307 e. The fourth-order valence-corrected chi connectivity index (χ4v) is 1.41. The van der Waals surface area contributed by atoms with Crippen molar-refractivity contribution in [1.29, 1.82) is 0 Å². The summed E-state index contributed by atoms with van der Waals surface area (Å²) in [6.45, 7) is 2.76. The number of carboxylic acids is 1. The number of nitrogens with zero attached hydrogens (tertiary/aromatic N) is 3. The lowest BCUT2D eigenvalue weighted by molar-refractivity contribution is -0.138. The molecule has 1 aliphatic carbocycles. The van der Waals surface area contributed by atoms with Gasteiger partial charge in [-0.15, -0.1) is 0 Å². The van der Waals surface area contributed by atoms with E-state index in [-0.39, 0.29) is 11.8 Å². The van der Waals surface area contributed by atoms with Gasteiger partial charge in [-0.1, -0.05) is 0 Å². The average molecular weight is 211 g/mol. The second kappa shape index (κ2) is 3.52. The molecule has 82 valence electrons. The van der Waals surface area contributed by atoms with Gasteiger partial charge in [0.05, 0.1) is 11.8 Å². The van der Waals surface area contributed by atoms with Gasteiger partial charge in [-0.05, 0) is 18.5 Å². The number of carboxylic acid groups (broad SMARTS) is 1. The van der Waals surface area contributed by atoms with Crippen LogP contribution in [0.3, 0.4) is 0 Å². The van der Waals surface area contributed by atoms with Gasteiger partial charge in [0.25, 0.3) is 5.95 Å². The summed E-state index contributed by atoms with van der Waals surface area (Å²) in [4.78, 5) is 16.6. The number of anilines is 1. The number of aliphatic carboxylic acids is 1. The summed E-state index contributed by atoms with van der Waals surface area (Å²) in [7, 11) is 1.86. The minimum atomic E-state index is -0.788. The predicted octanol–water partition coefficient (Wildman–Crippen LogP) is 0.714. The van der Waals surface area contributed by atoms with Gasteiger partial charge in [-0.25, -0.2) is 0 Å². The minimum Gasteiger partial charge on any atom is -0.481 e. The molecule has 1 heterocycles. The maximum atomic E-state index is 10.6. The quantitative estimate of drug-likeness (QED) is 0.790. The molecule has 0 bridgehead atoms. The molecule has 6 heteroatoms. The zero-order chi connectivity index (χ0) is 11.0. The molecule has 2 rings (SSSR count). The van der Waals surface area contributed by atoms with Gasteiger partial charge >= 0.3 is 5.97 Å². The van der Waals surface area contributed by atoms with Crippen molar-refractivity contribution < 1.29 is 14.4 Å². The van der Waals surface area contributed by atoms with Crippen LogP contribution in [0.25, 0.3) is 0 Å². The Labute approximate surface area is 86.9 Å². The van der Waals surface area contributed by atoms with Crippen LogP contribution in [-0.4, -0.2) is 34.8 Å². The molecule has 2 atom stereocenters. The normalized spacial score (nSPS) is 23.9. The molecule has 1 aliphatic rings. The Kier molecular flexibility index (Phi) is 2.34. The molecular formula is C9H13N3O3. The summed E-state index contributed by atoms with van der Waals surface area (Å²) < 4.78 is 5.03. The van der Waals surface area contributed by atoms with Crippen LogP contribution in [0.1, 0.15) is 25.2 Å². The van der Waals surface area contributed by atoms with Gasteiger partial charge in [-0.3, -0.25) is 4.79 Å². The van der Waals surface area contributed by atoms with E-state index in [9.17, 15) is 4.79 Å². The predicted molar refractivity (Wildman–Crippen MR) is 51.7 cm³/mol. The molecule has 0 radical (unpaired) electrons. The summed E-state index contributed by atoms with van der Waals surface area (Å²) in [5, 5.41) is 12.5. The minimum absolute atomic E-state index is 0.0889. The third kappa shape index (κ3) is 1.79. The summed E-state index contributed by atoms with van der Waals surface area (Å²) >= 11 is 0. The van der Waals surface area contributed by atoms with Crippen molar-refractivity contribution in [2.75, 3.05) is 18.5 Å². The van der Waals surface area contributed by atoms with Gasteiger partial charge in [0.1, 0.15) is 0 Å². The second-order valence-electron chi connectivity index (χ2n) is 3.73. The van der Waals surface area contributed by atoms with Gasteiger partial charge < -0.3 is 14.5 Å². The van der Waals surface area contributed by atoms with E-state index in [4.69, 9.17) is 9.63 Å². The monoisotopic (exact) mass is 211 g/mol. The number of hydrogen-bond acceptors (Lipinski definition) is 5. The van der Waals surface area contributed by atoms with E-state index in [0.717, 1.165) is 6.54 Å². The first-order valence-electron chi connectivity index (χ1n) is 4.91. The largest absolute Gasteiger partial charge is 0.481 e. The Morgan fingerprint density at radius 3 is 3.00 bits per heavy atom. The molecule has 0 amide bonds. The lowest BCUT2D eigenvalue weighted by atomic mass is 10.3. The molecule has 15 heavy (non-hydrogen) atoms. The highest BCUT2D eigenvalue weighted by molar-refractivity contribution is 5.74. The molecule has 1 fully saturated rings. The van der Waals surface area contributed by atoms with Crippen molar-refractivity contribution in [3.05, 3.63) is 5.89 Å². The van der Waals surface area contributed by atoms with Gasteiger partial charge in [-0.2, -0.15) is 4.98 Å². The highest BCUT2D eigenvalue weighted by atomic mass is 16.5. The Hall–Kier alpha value is -1.59. The van der Waals surface area contributed by atoms with Gasteiger partial charge in [0.2, 0.25) is 5.89 Å². The standard InChI is InChI=1S/C9H13N3O3/c1-3-12(2)9-10-7(15-11-9)5-4-6(5)8(13)14/h5-6H,3-4H2,1-2H3,(H,13,14). The van der Waals surface area contributed by atoms with Crippen LogP contribution in [0.5, 0.6) is 0 Å².